The number of nitrogens with zero attached hydrogens (tertiary/aromatic N) is 3. The van der Waals surface area contributed by atoms with Gasteiger partial charge in [0.1, 0.15) is 0 Å². The lowest BCUT2D eigenvalue weighted by Gasteiger charge is -2.12. The lowest BCUT2D eigenvalue weighted by atomic mass is 9.95. The molecule has 1 heterocycles. The van der Waals surface area contributed by atoms with E-state index in [2.05, 4.69) is 5.16 Å². The molecule has 2 atom stereocenters. The fourth-order valence-corrected chi connectivity index (χ4v) is 2.44. The summed E-state index contributed by atoms with van der Waals surface area (Å²) in [4.78, 5) is 26.4. The minimum absolute atomic E-state index is 0.0921. The van der Waals surface area contributed by atoms with Crippen molar-refractivity contribution in [1.82, 2.24) is 0 Å². The molecule has 0 saturated heterocycles. The smallest absolute Gasteiger partial charge is 0.301 e. The van der Waals surface area contributed by atoms with Gasteiger partial charge in [-0.05, 0) is 12.1 Å². The largest absolute Gasteiger partial charge is 0.379 e. The first kappa shape index (κ1) is 14.6. The van der Waals surface area contributed by atoms with Gasteiger partial charge in [-0.15, -0.1) is 0 Å². The normalized spacial score (nSPS) is 19.7. The average Bonchev–Trinajstić information content (AvgIpc) is 3.01. The number of hydrogen-bond donors (Lipinski definition) is 0. The molecule has 8 nitrogen and oxygen atoms in total. The SMILES string of the molecule is O=[N+]([O-])c1ccc(C2=NO[C@H](c3ccccc3)[C@@H]2[N+](=O)[O-])cc1. The van der Waals surface area contributed by atoms with E-state index < -0.39 is 22.0 Å². The van der Waals surface area contributed by atoms with Crippen LogP contribution in [0.5, 0.6) is 0 Å². The molecular weight excluding hydrogens is 302 g/mol. The summed E-state index contributed by atoms with van der Waals surface area (Å²) in [5, 5.41) is 26.0. The summed E-state index contributed by atoms with van der Waals surface area (Å²) in [5.74, 6) is 0. The van der Waals surface area contributed by atoms with E-state index in [0.29, 0.717) is 11.1 Å². The van der Waals surface area contributed by atoms with E-state index in [-0.39, 0.29) is 11.4 Å². The van der Waals surface area contributed by atoms with Gasteiger partial charge >= 0.3 is 6.04 Å². The van der Waals surface area contributed by atoms with Crippen LogP contribution in [0.25, 0.3) is 0 Å². The van der Waals surface area contributed by atoms with Gasteiger partial charge in [-0.25, -0.2) is 0 Å². The third-order valence-corrected chi connectivity index (χ3v) is 3.56. The molecule has 0 aromatic heterocycles. The number of non-ortho nitro benzene ring substituents is 1. The van der Waals surface area contributed by atoms with Crippen molar-refractivity contribution in [1.29, 1.82) is 0 Å². The molecule has 0 saturated carbocycles. The van der Waals surface area contributed by atoms with Gasteiger partial charge in [-0.2, -0.15) is 0 Å². The van der Waals surface area contributed by atoms with Gasteiger partial charge < -0.3 is 4.84 Å². The summed E-state index contributed by atoms with van der Waals surface area (Å²) in [7, 11) is 0. The minimum Gasteiger partial charge on any atom is -0.379 e. The van der Waals surface area contributed by atoms with Gasteiger partial charge in [0.25, 0.3) is 5.69 Å². The molecule has 0 bridgehead atoms. The Morgan fingerprint density at radius 1 is 0.957 bits per heavy atom. The number of nitro benzene ring substituents is 1. The number of rotatable bonds is 4. The fraction of sp³-hybridized carbons (Fsp3) is 0.133. The highest BCUT2D eigenvalue weighted by Crippen LogP contribution is 2.32. The summed E-state index contributed by atoms with van der Waals surface area (Å²) in [6.07, 6.45) is -0.823. The molecule has 0 aliphatic carbocycles. The van der Waals surface area contributed by atoms with Gasteiger partial charge in [-0.3, -0.25) is 20.2 Å². The molecule has 3 rings (SSSR count). The van der Waals surface area contributed by atoms with Crippen molar-refractivity contribution in [2.45, 2.75) is 12.1 Å². The highest BCUT2D eigenvalue weighted by molar-refractivity contribution is 6.04. The van der Waals surface area contributed by atoms with Crippen LogP contribution in [0.4, 0.5) is 5.69 Å². The minimum atomic E-state index is -1.17. The Labute approximate surface area is 130 Å². The lowest BCUT2D eigenvalue weighted by molar-refractivity contribution is -0.512. The zero-order valence-electron chi connectivity index (χ0n) is 11.7. The molecule has 0 fully saturated rings. The van der Waals surface area contributed by atoms with E-state index in [1.165, 1.54) is 24.3 Å². The van der Waals surface area contributed by atoms with Crippen molar-refractivity contribution in [2.24, 2.45) is 5.16 Å². The molecule has 1 aliphatic heterocycles. The molecule has 0 spiro atoms. The van der Waals surface area contributed by atoms with Crippen LogP contribution in [0.1, 0.15) is 17.2 Å². The Morgan fingerprint density at radius 3 is 2.17 bits per heavy atom. The topological polar surface area (TPSA) is 108 Å². The standard InChI is InChI=1S/C15H11N3O5/c19-17(20)12-8-6-10(7-9-12)13-14(18(21)22)15(23-16-13)11-4-2-1-3-5-11/h1-9,14-15H/t14-,15-/m1/s1. The van der Waals surface area contributed by atoms with E-state index >= 15 is 0 Å². The zero-order chi connectivity index (χ0) is 16.4. The van der Waals surface area contributed by atoms with Crippen molar-refractivity contribution < 1.29 is 14.7 Å². The van der Waals surface area contributed by atoms with Gasteiger partial charge in [0.05, 0.1) is 4.92 Å². The Hall–Kier alpha value is -3.29. The van der Waals surface area contributed by atoms with Crippen molar-refractivity contribution in [3.63, 3.8) is 0 Å². The monoisotopic (exact) mass is 313 g/mol. The van der Waals surface area contributed by atoms with Crippen molar-refractivity contribution in [3.05, 3.63) is 86.0 Å². The summed E-state index contributed by atoms with van der Waals surface area (Å²) in [6.45, 7) is 0. The Morgan fingerprint density at radius 2 is 1.61 bits per heavy atom. The summed E-state index contributed by atoms with van der Waals surface area (Å²) >= 11 is 0. The first-order chi connectivity index (χ1) is 11.1. The van der Waals surface area contributed by atoms with Crippen LogP contribution in [0.2, 0.25) is 0 Å². The predicted octanol–water partition coefficient (Wildman–Crippen LogP) is 2.72. The van der Waals surface area contributed by atoms with Crippen LogP contribution in [0.3, 0.4) is 0 Å². The second kappa shape index (κ2) is 5.84. The summed E-state index contributed by atoms with van der Waals surface area (Å²) < 4.78 is 0. The van der Waals surface area contributed by atoms with Gasteiger partial charge in [0, 0.05) is 28.2 Å². The first-order valence-electron chi connectivity index (χ1n) is 6.75. The number of hydrogen-bond acceptors (Lipinski definition) is 6. The Balaban J connectivity index is 1.93. The van der Waals surface area contributed by atoms with Crippen LogP contribution in [-0.4, -0.2) is 21.6 Å². The van der Waals surface area contributed by atoms with Gasteiger partial charge in [0.2, 0.25) is 6.10 Å². The molecule has 0 amide bonds. The van der Waals surface area contributed by atoms with E-state index in [4.69, 9.17) is 4.84 Å². The predicted molar refractivity (Wildman–Crippen MR) is 80.7 cm³/mol. The molecular formula is C15H11N3O5. The van der Waals surface area contributed by atoms with Crippen LogP contribution >= 0.6 is 0 Å². The second-order valence-corrected chi connectivity index (χ2v) is 4.95. The van der Waals surface area contributed by atoms with E-state index in [1.807, 2.05) is 0 Å². The average molecular weight is 313 g/mol. The second-order valence-electron chi connectivity index (χ2n) is 4.95. The van der Waals surface area contributed by atoms with Crippen LogP contribution < -0.4 is 0 Å². The fourth-order valence-electron chi connectivity index (χ4n) is 2.44. The highest BCUT2D eigenvalue weighted by atomic mass is 16.7. The van der Waals surface area contributed by atoms with Crippen LogP contribution in [0, 0.1) is 20.2 Å². The summed E-state index contributed by atoms with van der Waals surface area (Å²) in [6, 6.07) is 13.1. The molecule has 2 aromatic carbocycles. The Bertz CT molecular complexity index is 773. The third kappa shape index (κ3) is 2.73. The maximum atomic E-state index is 11.5. The first-order valence-corrected chi connectivity index (χ1v) is 6.75. The van der Waals surface area contributed by atoms with Crippen molar-refractivity contribution in [2.75, 3.05) is 0 Å². The molecule has 2 aromatic rings. The lowest BCUT2D eigenvalue weighted by Crippen LogP contribution is -2.32. The maximum Gasteiger partial charge on any atom is 0.301 e. The van der Waals surface area contributed by atoms with Gasteiger partial charge in [0.15, 0.2) is 5.71 Å². The molecule has 8 heteroatoms. The summed E-state index contributed by atoms with van der Waals surface area (Å²) in [5.41, 5.74) is 1.13. The van der Waals surface area contributed by atoms with Crippen LogP contribution in [-0.2, 0) is 4.84 Å². The molecule has 0 unspecified atom stereocenters. The number of nitro groups is 2. The number of benzene rings is 2. The molecule has 116 valence electrons. The molecule has 23 heavy (non-hydrogen) atoms. The molecule has 0 radical (unpaired) electrons. The van der Waals surface area contributed by atoms with E-state index in [0.717, 1.165) is 0 Å². The molecule has 1 aliphatic rings. The number of oxime groups is 1. The highest BCUT2D eigenvalue weighted by Gasteiger charge is 2.45. The third-order valence-electron chi connectivity index (χ3n) is 3.56. The maximum absolute atomic E-state index is 11.5. The van der Waals surface area contributed by atoms with Crippen molar-refractivity contribution in [3.8, 4) is 0 Å². The zero-order valence-corrected chi connectivity index (χ0v) is 11.7. The van der Waals surface area contributed by atoms with Crippen molar-refractivity contribution >= 4 is 11.4 Å². The molecule has 0 N–H and O–H groups in total. The van der Waals surface area contributed by atoms with Gasteiger partial charge in [-0.1, -0.05) is 35.5 Å². The van der Waals surface area contributed by atoms with E-state index in [9.17, 15) is 20.2 Å². The van der Waals surface area contributed by atoms with E-state index in [1.54, 1.807) is 30.3 Å². The van der Waals surface area contributed by atoms with Crippen LogP contribution in [0.15, 0.2) is 59.8 Å². The quantitative estimate of drug-likeness (QED) is 0.637. The Kier molecular flexibility index (Phi) is 3.71.